The van der Waals surface area contributed by atoms with Crippen molar-refractivity contribution >= 4 is 15.9 Å². The summed E-state index contributed by atoms with van der Waals surface area (Å²) in [5, 5.41) is 6.65. The Bertz CT molecular complexity index is 602. The van der Waals surface area contributed by atoms with Crippen molar-refractivity contribution in [3.8, 4) is 0 Å². The van der Waals surface area contributed by atoms with E-state index in [1.807, 2.05) is 0 Å². The quantitative estimate of drug-likeness (QED) is 0.860. The average molecular weight is 296 g/mol. The minimum atomic E-state index is -4.12. The van der Waals surface area contributed by atoms with E-state index in [-0.39, 0.29) is 5.56 Å². The fraction of sp³-hybridized carbons (Fsp3) is 0.300. The molecule has 3 N–H and O–H groups in total. The molecule has 0 atom stereocenters. The highest BCUT2D eigenvalue weighted by Crippen LogP contribution is 2.18. The molecule has 0 saturated heterocycles. The van der Waals surface area contributed by atoms with E-state index in [9.17, 15) is 26.4 Å². The maximum Gasteiger partial charge on any atom is 0.255 e. The van der Waals surface area contributed by atoms with Gasteiger partial charge in [0.2, 0.25) is 10.0 Å². The van der Waals surface area contributed by atoms with Crippen LogP contribution in [-0.4, -0.2) is 27.3 Å². The summed E-state index contributed by atoms with van der Waals surface area (Å²) in [6.45, 7) is 0.269. The maximum absolute atomic E-state index is 13.7. The van der Waals surface area contributed by atoms with Crippen LogP contribution in [-0.2, 0) is 10.0 Å². The zero-order valence-corrected chi connectivity index (χ0v) is 10.6. The first-order valence-corrected chi connectivity index (χ1v) is 6.57. The molecule has 0 aliphatic carbocycles. The van der Waals surface area contributed by atoms with E-state index in [1.165, 1.54) is 6.92 Å². The van der Waals surface area contributed by atoms with E-state index in [4.69, 9.17) is 5.14 Å². The molecular weight excluding hydrogens is 285 g/mol. The lowest BCUT2D eigenvalue weighted by molar-refractivity contribution is 0.0887. The van der Waals surface area contributed by atoms with Gasteiger partial charge in [-0.3, -0.25) is 4.79 Å². The number of carbonyl (C=O) groups excluding carboxylic acids is 1. The molecule has 0 saturated carbocycles. The van der Waals surface area contributed by atoms with E-state index in [1.54, 1.807) is 5.32 Å². The minimum absolute atomic E-state index is 0.131. The highest BCUT2D eigenvalue weighted by molar-refractivity contribution is 7.89. The van der Waals surface area contributed by atoms with Crippen molar-refractivity contribution < 1.29 is 26.4 Å². The van der Waals surface area contributed by atoms with Crippen molar-refractivity contribution in [2.45, 2.75) is 18.2 Å². The Labute approximate surface area is 107 Å². The maximum atomic E-state index is 13.7. The molecule has 0 aliphatic rings. The zero-order chi connectivity index (χ0) is 14.8. The van der Waals surface area contributed by atoms with Gasteiger partial charge in [-0.2, -0.15) is 0 Å². The summed E-state index contributed by atoms with van der Waals surface area (Å²) in [7, 11) is -4.12. The molecule has 19 heavy (non-hydrogen) atoms. The first kappa shape index (κ1) is 15.4. The number of nitrogens with two attached hydrogens (primary N) is 1. The van der Waals surface area contributed by atoms with Gasteiger partial charge in [0.05, 0.1) is 17.0 Å². The molecule has 0 aliphatic heterocycles. The molecule has 5 nitrogen and oxygen atoms in total. The summed E-state index contributed by atoms with van der Waals surface area (Å²) in [6.07, 6.45) is -2.80. The second-order valence-corrected chi connectivity index (χ2v) is 5.31. The molecule has 0 fully saturated rings. The third-order valence-corrected chi connectivity index (χ3v) is 3.11. The summed E-state index contributed by atoms with van der Waals surface area (Å²) in [5.74, 6) is -2.12. The number of amides is 1. The molecule has 0 aromatic heterocycles. The predicted molar refractivity (Wildman–Crippen MR) is 60.8 cm³/mol. The number of halogens is 3. The summed E-state index contributed by atoms with van der Waals surface area (Å²) >= 11 is 0. The van der Waals surface area contributed by atoms with Gasteiger partial charge in [0, 0.05) is 0 Å². The van der Waals surface area contributed by atoms with Gasteiger partial charge in [-0.1, -0.05) is 0 Å². The molecule has 0 bridgehead atoms. The van der Waals surface area contributed by atoms with E-state index in [0.29, 0.717) is 6.07 Å². The largest absolute Gasteiger partial charge is 0.346 e. The Hall–Kier alpha value is -1.61. The monoisotopic (exact) mass is 296 g/mol. The third kappa shape index (κ3) is 3.93. The number of aryl methyl sites for hydroxylation is 1. The molecule has 0 heterocycles. The van der Waals surface area contributed by atoms with Gasteiger partial charge >= 0.3 is 0 Å². The fourth-order valence-corrected chi connectivity index (χ4v) is 1.95. The van der Waals surface area contributed by atoms with Crippen LogP contribution in [0.4, 0.5) is 13.2 Å². The number of primary sulfonamides is 1. The van der Waals surface area contributed by atoms with Crippen LogP contribution >= 0.6 is 0 Å². The van der Waals surface area contributed by atoms with Crippen molar-refractivity contribution in [3.05, 3.63) is 29.1 Å². The van der Waals surface area contributed by atoms with Crippen LogP contribution < -0.4 is 10.5 Å². The van der Waals surface area contributed by atoms with Crippen LogP contribution in [0, 0.1) is 12.7 Å². The van der Waals surface area contributed by atoms with Crippen molar-refractivity contribution in [2.75, 3.05) is 6.54 Å². The van der Waals surface area contributed by atoms with Crippen molar-refractivity contribution in [1.29, 1.82) is 0 Å². The van der Waals surface area contributed by atoms with E-state index < -0.39 is 45.2 Å². The van der Waals surface area contributed by atoms with Crippen LogP contribution in [0.15, 0.2) is 17.0 Å². The number of hydrogen-bond donors (Lipinski definition) is 2. The number of rotatable bonds is 4. The van der Waals surface area contributed by atoms with Crippen LogP contribution in [0.25, 0.3) is 0 Å². The lowest BCUT2D eigenvalue weighted by Gasteiger charge is -2.09. The predicted octanol–water partition coefficient (Wildman–Crippen LogP) is 0.776. The second-order valence-electron chi connectivity index (χ2n) is 3.75. The molecule has 1 aromatic rings. The van der Waals surface area contributed by atoms with E-state index >= 15 is 0 Å². The normalized spacial score (nSPS) is 11.7. The number of benzene rings is 1. The van der Waals surface area contributed by atoms with Crippen molar-refractivity contribution in [3.63, 3.8) is 0 Å². The Morgan fingerprint density at radius 1 is 1.42 bits per heavy atom. The number of hydrogen-bond acceptors (Lipinski definition) is 3. The zero-order valence-electron chi connectivity index (χ0n) is 9.78. The highest BCUT2D eigenvalue weighted by atomic mass is 32.2. The van der Waals surface area contributed by atoms with Crippen molar-refractivity contribution in [2.24, 2.45) is 5.14 Å². The minimum Gasteiger partial charge on any atom is -0.346 e. The van der Waals surface area contributed by atoms with Gasteiger partial charge in [0.1, 0.15) is 5.82 Å². The van der Waals surface area contributed by atoms with Crippen molar-refractivity contribution in [1.82, 2.24) is 5.32 Å². The lowest BCUT2D eigenvalue weighted by atomic mass is 10.1. The van der Waals surface area contributed by atoms with Gasteiger partial charge in [-0.25, -0.2) is 26.7 Å². The molecule has 9 heteroatoms. The van der Waals surface area contributed by atoms with E-state index in [0.717, 1.165) is 6.07 Å². The van der Waals surface area contributed by atoms with Crippen LogP contribution in [0.5, 0.6) is 0 Å². The molecule has 0 unspecified atom stereocenters. The molecule has 0 radical (unpaired) electrons. The van der Waals surface area contributed by atoms with Gasteiger partial charge < -0.3 is 5.32 Å². The van der Waals surface area contributed by atoms with Crippen LogP contribution in [0.2, 0.25) is 0 Å². The average Bonchev–Trinajstić information content (AvgIpc) is 2.27. The molecule has 1 aromatic carbocycles. The Morgan fingerprint density at radius 3 is 2.47 bits per heavy atom. The van der Waals surface area contributed by atoms with Gasteiger partial charge in [-0.15, -0.1) is 0 Å². The first-order chi connectivity index (χ1) is 8.62. The third-order valence-electron chi connectivity index (χ3n) is 2.22. The molecule has 1 rings (SSSR count). The molecular formula is C10H11F3N2O3S. The van der Waals surface area contributed by atoms with Crippen LogP contribution in [0.1, 0.15) is 15.9 Å². The topological polar surface area (TPSA) is 89.3 Å². The summed E-state index contributed by atoms with van der Waals surface area (Å²) < 4.78 is 59.8. The number of sulfonamides is 1. The number of carbonyl (C=O) groups is 1. The highest BCUT2D eigenvalue weighted by Gasteiger charge is 2.19. The Morgan fingerprint density at radius 2 is 2.00 bits per heavy atom. The summed E-state index contributed by atoms with van der Waals surface area (Å²) in [4.78, 5) is 11.0. The Kier molecular flexibility index (Phi) is 4.53. The van der Waals surface area contributed by atoms with E-state index in [2.05, 4.69) is 0 Å². The first-order valence-electron chi connectivity index (χ1n) is 5.02. The summed E-state index contributed by atoms with van der Waals surface area (Å²) in [6, 6.07) is 1.66. The second kappa shape index (κ2) is 5.57. The molecule has 106 valence electrons. The number of alkyl halides is 2. The smallest absolute Gasteiger partial charge is 0.255 e. The SMILES string of the molecule is Cc1cc(S(N)(=O)=O)cc(C(=O)NCC(F)F)c1F. The Balaban J connectivity index is 3.20. The van der Waals surface area contributed by atoms with Gasteiger partial charge in [-0.05, 0) is 24.6 Å². The van der Waals surface area contributed by atoms with Gasteiger partial charge in [0.15, 0.2) is 0 Å². The molecule has 0 spiro atoms. The van der Waals surface area contributed by atoms with Crippen LogP contribution in [0.3, 0.4) is 0 Å². The lowest BCUT2D eigenvalue weighted by Crippen LogP contribution is -2.29. The summed E-state index contributed by atoms with van der Waals surface area (Å²) in [5.41, 5.74) is -0.779. The van der Waals surface area contributed by atoms with Gasteiger partial charge in [0.25, 0.3) is 12.3 Å². The molecule has 1 amide bonds. The standard InChI is InChI=1S/C10H11F3N2O3S/c1-5-2-6(19(14,17)18)3-7(9(5)13)10(16)15-4-8(11)12/h2-3,8H,4H2,1H3,(H,15,16)(H2,14,17,18). The fourth-order valence-electron chi connectivity index (χ4n) is 1.33. The number of nitrogens with one attached hydrogen (secondary N) is 1.